The van der Waals surface area contributed by atoms with Crippen LogP contribution < -0.4 is 10.5 Å². The van der Waals surface area contributed by atoms with Gasteiger partial charge in [0.25, 0.3) is 5.19 Å². The Balaban J connectivity index is 2.10. The first kappa shape index (κ1) is 9.10. The lowest BCUT2D eigenvalue weighted by Gasteiger charge is -1.92. The molecule has 7 heteroatoms. The second kappa shape index (κ2) is 3.72. The topological polar surface area (TPSA) is 78.8 Å². The van der Waals surface area contributed by atoms with E-state index in [-0.39, 0.29) is 0 Å². The van der Waals surface area contributed by atoms with Crippen LogP contribution in [-0.4, -0.2) is 19.7 Å². The number of hydrogen-bond acceptors (Lipinski definition) is 6. The van der Waals surface area contributed by atoms with Gasteiger partial charge in [0.15, 0.2) is 0 Å². The fourth-order valence-electron chi connectivity index (χ4n) is 0.875. The van der Waals surface area contributed by atoms with Crippen molar-refractivity contribution < 1.29 is 4.74 Å². The van der Waals surface area contributed by atoms with Gasteiger partial charge in [-0.2, -0.15) is 4.98 Å². The third-order valence-corrected chi connectivity index (χ3v) is 2.39. The molecule has 0 amide bonds. The quantitative estimate of drug-likeness (QED) is 0.800. The number of ether oxygens (including phenoxy) is 1. The Hall–Kier alpha value is -1.47. The van der Waals surface area contributed by atoms with E-state index in [4.69, 9.17) is 10.5 Å². The first-order chi connectivity index (χ1) is 6.78. The molecule has 0 aliphatic carbocycles. The van der Waals surface area contributed by atoms with Gasteiger partial charge in [0, 0.05) is 24.7 Å². The zero-order valence-corrected chi connectivity index (χ0v) is 8.36. The summed E-state index contributed by atoms with van der Waals surface area (Å²) in [7, 11) is 1.77. The minimum atomic E-state index is 0.297. The average molecular weight is 211 g/mol. The maximum atomic E-state index is 5.44. The Morgan fingerprint density at radius 3 is 3.00 bits per heavy atom. The lowest BCUT2D eigenvalue weighted by atomic mass is 10.6. The van der Waals surface area contributed by atoms with E-state index >= 15 is 0 Å². The molecule has 0 bridgehead atoms. The van der Waals surface area contributed by atoms with E-state index in [2.05, 4.69) is 15.1 Å². The smallest absolute Gasteiger partial charge is 0.342 e. The molecule has 14 heavy (non-hydrogen) atoms. The number of aryl methyl sites for hydroxylation is 1. The number of nitrogens with two attached hydrogens (primary N) is 1. The van der Waals surface area contributed by atoms with Crippen LogP contribution in [-0.2, 0) is 13.6 Å². The first-order valence-electron chi connectivity index (χ1n) is 3.96. The van der Waals surface area contributed by atoms with E-state index in [9.17, 15) is 0 Å². The van der Waals surface area contributed by atoms with Crippen molar-refractivity contribution in [3.8, 4) is 11.2 Å². The highest BCUT2D eigenvalue weighted by Gasteiger charge is 2.05. The van der Waals surface area contributed by atoms with Gasteiger partial charge in [-0.25, -0.2) is 4.98 Å². The summed E-state index contributed by atoms with van der Waals surface area (Å²) in [6, 6.07) is 0.297. The highest BCUT2D eigenvalue weighted by Crippen LogP contribution is 2.23. The van der Waals surface area contributed by atoms with Gasteiger partial charge >= 0.3 is 6.01 Å². The molecule has 0 unspecified atom stereocenters. The van der Waals surface area contributed by atoms with Gasteiger partial charge in [-0.1, -0.05) is 11.3 Å². The van der Waals surface area contributed by atoms with E-state index < -0.39 is 0 Å². The Morgan fingerprint density at radius 2 is 2.43 bits per heavy atom. The predicted octanol–water partition coefficient (Wildman–Crippen LogP) is 0.523. The van der Waals surface area contributed by atoms with Crippen molar-refractivity contribution >= 4 is 11.3 Å². The van der Waals surface area contributed by atoms with Crippen LogP contribution in [0, 0.1) is 0 Å². The number of thiazole rings is 1. The van der Waals surface area contributed by atoms with Gasteiger partial charge in [0.05, 0.1) is 0 Å². The van der Waals surface area contributed by atoms with Gasteiger partial charge in [-0.05, 0) is 0 Å². The maximum Gasteiger partial charge on any atom is 0.342 e. The number of hydrogen-bond donors (Lipinski definition) is 1. The minimum Gasteiger partial charge on any atom is -0.394 e. The van der Waals surface area contributed by atoms with E-state index in [1.54, 1.807) is 24.3 Å². The Kier molecular flexibility index (Phi) is 2.42. The minimum absolute atomic E-state index is 0.297. The molecule has 2 rings (SSSR count). The molecule has 0 saturated heterocycles. The molecule has 0 aliphatic heterocycles. The van der Waals surface area contributed by atoms with Crippen LogP contribution >= 0.6 is 11.3 Å². The van der Waals surface area contributed by atoms with Crippen LogP contribution in [0.4, 0.5) is 0 Å². The van der Waals surface area contributed by atoms with Gasteiger partial charge in [0.2, 0.25) is 0 Å². The summed E-state index contributed by atoms with van der Waals surface area (Å²) >= 11 is 1.39. The molecule has 74 valence electrons. The summed E-state index contributed by atoms with van der Waals surface area (Å²) in [4.78, 5) is 8.90. The molecule has 2 heterocycles. The van der Waals surface area contributed by atoms with Crippen LogP contribution in [0.3, 0.4) is 0 Å². The molecule has 0 radical (unpaired) electrons. The molecule has 6 nitrogen and oxygen atoms in total. The zero-order chi connectivity index (χ0) is 9.97. The van der Waals surface area contributed by atoms with Gasteiger partial charge < -0.3 is 10.5 Å². The molecule has 0 fully saturated rings. The summed E-state index contributed by atoms with van der Waals surface area (Å²) in [5.74, 6) is 0. The number of nitrogens with zero attached hydrogens (tertiary/aromatic N) is 4. The molecule has 0 saturated carbocycles. The van der Waals surface area contributed by atoms with Crippen LogP contribution in [0.5, 0.6) is 11.2 Å². The largest absolute Gasteiger partial charge is 0.394 e. The molecular formula is C7H9N5OS. The Morgan fingerprint density at radius 1 is 1.57 bits per heavy atom. The standard InChI is InChI=1S/C7H9N5OS/c1-12-4-10-6(11-12)13-7-9-3-5(2-8)14-7/h3-4H,2,8H2,1H3. The van der Waals surface area contributed by atoms with Crippen LogP contribution in [0.25, 0.3) is 0 Å². The summed E-state index contributed by atoms with van der Waals surface area (Å²) in [6.45, 7) is 0.469. The average Bonchev–Trinajstić information content (AvgIpc) is 2.76. The van der Waals surface area contributed by atoms with Crippen molar-refractivity contribution in [3.05, 3.63) is 17.4 Å². The summed E-state index contributed by atoms with van der Waals surface area (Å²) in [6.07, 6.45) is 3.25. The highest BCUT2D eigenvalue weighted by atomic mass is 32.1. The second-order valence-corrected chi connectivity index (χ2v) is 3.68. The lowest BCUT2D eigenvalue weighted by Crippen LogP contribution is -1.91. The highest BCUT2D eigenvalue weighted by molar-refractivity contribution is 7.13. The van der Waals surface area contributed by atoms with Gasteiger partial charge in [-0.15, -0.1) is 5.10 Å². The van der Waals surface area contributed by atoms with Gasteiger partial charge in [0.1, 0.15) is 6.33 Å². The number of rotatable bonds is 3. The molecule has 0 aromatic carbocycles. The zero-order valence-electron chi connectivity index (χ0n) is 7.54. The van der Waals surface area contributed by atoms with Crippen LogP contribution in [0.2, 0.25) is 0 Å². The molecular weight excluding hydrogens is 202 g/mol. The molecule has 0 aliphatic rings. The first-order valence-corrected chi connectivity index (χ1v) is 4.78. The normalized spacial score (nSPS) is 10.4. The molecule has 2 aromatic heterocycles. The molecule has 2 N–H and O–H groups in total. The lowest BCUT2D eigenvalue weighted by molar-refractivity contribution is 0.436. The van der Waals surface area contributed by atoms with E-state index in [0.717, 1.165) is 4.88 Å². The fraction of sp³-hybridized carbons (Fsp3) is 0.286. The van der Waals surface area contributed by atoms with Crippen LogP contribution in [0.1, 0.15) is 4.88 Å². The van der Waals surface area contributed by atoms with E-state index in [1.165, 1.54) is 11.3 Å². The molecule has 0 spiro atoms. The monoisotopic (exact) mass is 211 g/mol. The van der Waals surface area contributed by atoms with Crippen molar-refractivity contribution in [1.29, 1.82) is 0 Å². The SMILES string of the molecule is Cn1cnc(Oc2ncc(CN)s2)n1. The van der Waals surface area contributed by atoms with Crippen molar-refractivity contribution in [2.75, 3.05) is 0 Å². The summed E-state index contributed by atoms with van der Waals surface area (Å²) in [5, 5.41) is 4.47. The Bertz CT molecular complexity index is 423. The Labute approximate surface area is 84.4 Å². The number of aromatic nitrogens is 4. The summed E-state index contributed by atoms with van der Waals surface area (Å²) < 4.78 is 6.85. The fourth-order valence-corrected chi connectivity index (χ4v) is 1.51. The van der Waals surface area contributed by atoms with E-state index in [0.29, 0.717) is 17.7 Å². The van der Waals surface area contributed by atoms with Crippen molar-refractivity contribution in [1.82, 2.24) is 19.7 Å². The van der Waals surface area contributed by atoms with Crippen molar-refractivity contribution in [3.63, 3.8) is 0 Å². The van der Waals surface area contributed by atoms with Gasteiger partial charge in [-0.3, -0.25) is 4.68 Å². The predicted molar refractivity (Wildman–Crippen MR) is 51.1 cm³/mol. The molecule has 2 aromatic rings. The van der Waals surface area contributed by atoms with E-state index in [1.807, 2.05) is 0 Å². The summed E-state index contributed by atoms with van der Waals surface area (Å²) in [5.41, 5.74) is 5.44. The third-order valence-electron chi connectivity index (χ3n) is 1.49. The molecule has 0 atom stereocenters. The van der Waals surface area contributed by atoms with Crippen molar-refractivity contribution in [2.45, 2.75) is 6.54 Å². The van der Waals surface area contributed by atoms with Crippen molar-refractivity contribution in [2.24, 2.45) is 12.8 Å². The third kappa shape index (κ3) is 1.88. The maximum absolute atomic E-state index is 5.44. The van der Waals surface area contributed by atoms with Crippen LogP contribution in [0.15, 0.2) is 12.5 Å². The second-order valence-electron chi connectivity index (χ2n) is 2.60.